The molecule has 0 saturated carbocycles. The van der Waals surface area contributed by atoms with Crippen molar-refractivity contribution in [3.63, 3.8) is 0 Å². The highest BCUT2D eigenvalue weighted by Crippen LogP contribution is 2.14. The van der Waals surface area contributed by atoms with Gasteiger partial charge in [0.2, 0.25) is 0 Å². The topological polar surface area (TPSA) is 89.0 Å². The molecule has 1 aromatic heterocycles. The molecule has 1 heterocycles. The van der Waals surface area contributed by atoms with Gasteiger partial charge in [0.1, 0.15) is 5.60 Å². The zero-order valence-electron chi connectivity index (χ0n) is 15.4. The highest BCUT2D eigenvalue weighted by Gasteiger charge is 2.22. The van der Waals surface area contributed by atoms with E-state index >= 15 is 0 Å². The highest BCUT2D eigenvalue weighted by atomic mass is 16.6. The minimum Gasteiger partial charge on any atom is -0.462 e. The third-order valence-corrected chi connectivity index (χ3v) is 3.17. The molecule has 7 heteroatoms. The fraction of sp³-hybridized carbons (Fsp3) is 0.611. The molecule has 140 valence electrons. The molecule has 0 aliphatic heterocycles. The normalized spacial score (nSPS) is 11.1. The minimum atomic E-state index is -0.605. The zero-order chi connectivity index (χ0) is 18.9. The van der Waals surface area contributed by atoms with Gasteiger partial charge in [-0.05, 0) is 52.7 Å². The Morgan fingerprint density at radius 2 is 2.00 bits per heavy atom. The summed E-state index contributed by atoms with van der Waals surface area (Å²) in [6.07, 6.45) is 2.31. The van der Waals surface area contributed by atoms with Crippen LogP contribution in [-0.2, 0) is 16.0 Å². The number of ether oxygens (including phenoxy) is 2. The Morgan fingerprint density at radius 1 is 1.28 bits per heavy atom. The van der Waals surface area contributed by atoms with E-state index in [0.717, 1.165) is 0 Å². The number of esters is 1. The molecule has 0 saturated heterocycles. The van der Waals surface area contributed by atoms with Crippen molar-refractivity contribution in [2.45, 2.75) is 52.7 Å². The van der Waals surface area contributed by atoms with Crippen LogP contribution in [-0.4, -0.2) is 52.4 Å². The summed E-state index contributed by atoms with van der Waals surface area (Å²) in [4.78, 5) is 30.0. The molecule has 0 fully saturated rings. The number of amides is 1. The number of hydrogen-bond donors (Lipinski definition) is 1. The number of nitrogens with zero attached hydrogens (tertiary/aromatic N) is 2. The molecule has 0 bridgehead atoms. The summed E-state index contributed by atoms with van der Waals surface area (Å²) in [6.45, 7) is 8.16. The Morgan fingerprint density at radius 3 is 2.60 bits per heavy atom. The van der Waals surface area contributed by atoms with Gasteiger partial charge in [-0.25, -0.2) is 9.59 Å². The van der Waals surface area contributed by atoms with Gasteiger partial charge in [-0.2, -0.15) is 0 Å². The van der Waals surface area contributed by atoms with Crippen molar-refractivity contribution in [2.75, 3.05) is 19.8 Å². The zero-order valence-corrected chi connectivity index (χ0v) is 15.4. The summed E-state index contributed by atoms with van der Waals surface area (Å²) in [5.41, 5.74) is 0.360. The number of rotatable bonds is 8. The van der Waals surface area contributed by atoms with Crippen molar-refractivity contribution in [3.05, 3.63) is 29.6 Å². The third-order valence-electron chi connectivity index (χ3n) is 3.17. The summed E-state index contributed by atoms with van der Waals surface area (Å²) < 4.78 is 10.4. The van der Waals surface area contributed by atoms with E-state index < -0.39 is 17.7 Å². The van der Waals surface area contributed by atoms with Gasteiger partial charge in [-0.1, -0.05) is 0 Å². The fourth-order valence-corrected chi connectivity index (χ4v) is 2.08. The average molecular weight is 352 g/mol. The molecule has 0 unspecified atom stereocenters. The first-order valence-electron chi connectivity index (χ1n) is 8.47. The molecule has 0 spiro atoms. The second-order valence-corrected chi connectivity index (χ2v) is 6.59. The van der Waals surface area contributed by atoms with E-state index in [-0.39, 0.29) is 13.2 Å². The van der Waals surface area contributed by atoms with Crippen LogP contribution in [0.5, 0.6) is 0 Å². The van der Waals surface area contributed by atoms with Crippen molar-refractivity contribution < 1.29 is 24.2 Å². The molecule has 0 aliphatic rings. The number of carbonyl (C=O) groups excluding carboxylic acids is 2. The lowest BCUT2D eigenvalue weighted by atomic mass is 10.2. The van der Waals surface area contributed by atoms with E-state index in [1.807, 2.05) is 0 Å². The van der Waals surface area contributed by atoms with Crippen LogP contribution >= 0.6 is 0 Å². The first kappa shape index (κ1) is 20.9. The Labute approximate surface area is 148 Å². The van der Waals surface area contributed by atoms with Crippen LogP contribution in [0.4, 0.5) is 4.79 Å². The smallest absolute Gasteiger partial charge is 0.410 e. The molecule has 0 aliphatic carbocycles. The van der Waals surface area contributed by atoms with Crippen molar-refractivity contribution in [1.82, 2.24) is 9.88 Å². The quantitative estimate of drug-likeness (QED) is 0.572. The lowest BCUT2D eigenvalue weighted by molar-refractivity contribution is 0.0225. The fourth-order valence-electron chi connectivity index (χ4n) is 2.08. The maximum atomic E-state index is 12.4. The third kappa shape index (κ3) is 7.98. The molecular weight excluding hydrogens is 324 g/mol. The van der Waals surface area contributed by atoms with Crippen LogP contribution in [0.25, 0.3) is 0 Å². The van der Waals surface area contributed by atoms with Crippen molar-refractivity contribution in [2.24, 2.45) is 0 Å². The monoisotopic (exact) mass is 352 g/mol. The predicted molar refractivity (Wildman–Crippen MR) is 93.2 cm³/mol. The number of carbonyl (C=O) groups is 2. The highest BCUT2D eigenvalue weighted by molar-refractivity contribution is 5.89. The molecule has 25 heavy (non-hydrogen) atoms. The largest absolute Gasteiger partial charge is 0.462 e. The molecule has 1 N–H and O–H groups in total. The Balaban J connectivity index is 2.87. The van der Waals surface area contributed by atoms with Crippen LogP contribution in [0.15, 0.2) is 18.3 Å². The summed E-state index contributed by atoms with van der Waals surface area (Å²) in [6, 6.07) is 3.19. The number of pyridine rings is 1. The number of unbranched alkanes of at least 4 members (excludes halogenated alkanes) is 1. The lowest BCUT2D eigenvalue weighted by Crippen LogP contribution is -2.37. The first-order chi connectivity index (χ1) is 11.8. The van der Waals surface area contributed by atoms with Crippen LogP contribution in [0.2, 0.25) is 0 Å². The standard InChI is InChI=1S/C18H28N2O5/c1-5-24-16(22)14-8-9-19-15(12-14)13-20(10-6-7-11-21)17(23)25-18(2,3)4/h8-9,12,21H,5-7,10-11,13H2,1-4H3. The van der Waals surface area contributed by atoms with Crippen molar-refractivity contribution in [1.29, 1.82) is 0 Å². The second kappa shape index (κ2) is 9.98. The maximum Gasteiger partial charge on any atom is 0.410 e. The molecule has 0 radical (unpaired) electrons. The molecular formula is C18H28N2O5. The molecule has 0 aromatic carbocycles. The summed E-state index contributed by atoms with van der Waals surface area (Å²) in [5.74, 6) is -0.421. The number of aromatic nitrogens is 1. The summed E-state index contributed by atoms with van der Waals surface area (Å²) >= 11 is 0. The van der Waals surface area contributed by atoms with Gasteiger partial charge < -0.3 is 19.5 Å². The molecule has 1 rings (SSSR count). The minimum absolute atomic E-state index is 0.0682. The lowest BCUT2D eigenvalue weighted by Gasteiger charge is -2.27. The van der Waals surface area contributed by atoms with Crippen LogP contribution in [0.1, 0.15) is 56.6 Å². The maximum absolute atomic E-state index is 12.4. The van der Waals surface area contributed by atoms with E-state index in [1.165, 1.54) is 11.1 Å². The van der Waals surface area contributed by atoms with Gasteiger partial charge in [0.05, 0.1) is 24.4 Å². The average Bonchev–Trinajstić information content (AvgIpc) is 2.53. The van der Waals surface area contributed by atoms with Crippen molar-refractivity contribution in [3.8, 4) is 0 Å². The van der Waals surface area contributed by atoms with E-state index in [9.17, 15) is 9.59 Å². The Hall–Kier alpha value is -2.15. The molecule has 7 nitrogen and oxygen atoms in total. The first-order valence-corrected chi connectivity index (χ1v) is 8.47. The van der Waals surface area contributed by atoms with Gasteiger partial charge in [-0.15, -0.1) is 0 Å². The van der Waals surface area contributed by atoms with Gasteiger partial charge in [-0.3, -0.25) is 4.98 Å². The Bertz CT molecular complexity index is 569. The van der Waals surface area contributed by atoms with E-state index in [2.05, 4.69) is 4.98 Å². The molecule has 1 aromatic rings. The van der Waals surface area contributed by atoms with Crippen LogP contribution < -0.4 is 0 Å². The van der Waals surface area contributed by atoms with Crippen LogP contribution in [0, 0.1) is 0 Å². The van der Waals surface area contributed by atoms with Gasteiger partial charge in [0.15, 0.2) is 0 Å². The van der Waals surface area contributed by atoms with Gasteiger partial charge in [0, 0.05) is 19.3 Å². The predicted octanol–water partition coefficient (Wildman–Crippen LogP) is 2.77. The summed E-state index contributed by atoms with van der Waals surface area (Å²) in [5, 5.41) is 8.94. The number of aliphatic hydroxyl groups is 1. The van der Waals surface area contributed by atoms with E-state index in [0.29, 0.717) is 37.3 Å². The number of hydrogen-bond acceptors (Lipinski definition) is 6. The second-order valence-electron chi connectivity index (χ2n) is 6.59. The summed E-state index contributed by atoms with van der Waals surface area (Å²) in [7, 11) is 0. The number of aliphatic hydroxyl groups excluding tert-OH is 1. The van der Waals surface area contributed by atoms with Gasteiger partial charge in [0.25, 0.3) is 0 Å². The molecule has 0 atom stereocenters. The molecule has 1 amide bonds. The van der Waals surface area contributed by atoms with Gasteiger partial charge >= 0.3 is 12.1 Å². The SMILES string of the molecule is CCOC(=O)c1ccnc(CN(CCCCO)C(=O)OC(C)(C)C)c1. The Kier molecular flexibility index (Phi) is 8.34. The van der Waals surface area contributed by atoms with Crippen molar-refractivity contribution >= 4 is 12.1 Å². The van der Waals surface area contributed by atoms with Crippen LogP contribution in [0.3, 0.4) is 0 Å². The van der Waals surface area contributed by atoms with E-state index in [4.69, 9.17) is 14.6 Å². The van der Waals surface area contributed by atoms with E-state index in [1.54, 1.807) is 39.8 Å².